The summed E-state index contributed by atoms with van der Waals surface area (Å²) >= 11 is 12.1. The van der Waals surface area contributed by atoms with Gasteiger partial charge < -0.3 is 19.5 Å². The number of fused-ring (bicyclic) bond motifs is 1. The Morgan fingerprint density at radius 1 is 1.11 bits per heavy atom. The van der Waals surface area contributed by atoms with E-state index in [1.54, 1.807) is 67.6 Å². The monoisotopic (exact) mass is 698 g/mol. The Morgan fingerprint density at radius 2 is 1.80 bits per heavy atom. The number of amides is 1. The lowest BCUT2D eigenvalue weighted by atomic mass is 9.99. The maximum Gasteiger partial charge on any atom is 0.333 e. The van der Waals surface area contributed by atoms with Gasteiger partial charge in [0.25, 0.3) is 5.91 Å². The van der Waals surface area contributed by atoms with Crippen LogP contribution in [0.2, 0.25) is 10.0 Å². The molecule has 0 radical (unpaired) electrons. The average molecular weight is 700 g/mol. The number of halogens is 2. The predicted molar refractivity (Wildman–Crippen MR) is 180 cm³/mol. The summed E-state index contributed by atoms with van der Waals surface area (Å²) < 4.78 is 38.6. The van der Waals surface area contributed by atoms with E-state index in [1.807, 2.05) is 0 Å². The molecular formula is C33H28Cl2N2O7S2. The number of hydrogen-bond donors (Lipinski definition) is 1. The van der Waals surface area contributed by atoms with Crippen molar-refractivity contribution in [3.63, 3.8) is 0 Å². The van der Waals surface area contributed by atoms with Crippen LogP contribution in [0.25, 0.3) is 10.8 Å². The highest BCUT2D eigenvalue weighted by molar-refractivity contribution is 8.72. The standard InChI is InChI=1S/C33H28Cl2N2O7S2/c1-19(2)29(33(40)44-18-20-11-13-24(43-3)14-12-20)37-31(39)28(36-17-22-15-23(34)16-26(35)30(22)38)32(37)45-46(41,42)27-10-6-8-21-7-4-5-9-25(21)27/h4-17,28-29,32,38H,1,18H2,2-3H3. The van der Waals surface area contributed by atoms with E-state index in [0.717, 1.165) is 10.3 Å². The molecule has 1 heterocycles. The Labute approximate surface area is 279 Å². The van der Waals surface area contributed by atoms with Gasteiger partial charge in [0.1, 0.15) is 23.5 Å². The number of esters is 1. The number of rotatable bonds is 11. The first-order chi connectivity index (χ1) is 21.9. The van der Waals surface area contributed by atoms with Gasteiger partial charge in [-0.1, -0.05) is 78.3 Å². The van der Waals surface area contributed by atoms with Crippen molar-refractivity contribution in [1.29, 1.82) is 0 Å². The maximum atomic E-state index is 13.9. The Hall–Kier alpha value is -4.03. The van der Waals surface area contributed by atoms with E-state index in [2.05, 4.69) is 11.6 Å². The number of β-lactam (4-membered cyclic amide) rings is 1. The van der Waals surface area contributed by atoms with Crippen molar-refractivity contribution >= 4 is 71.7 Å². The molecular weight excluding hydrogens is 671 g/mol. The van der Waals surface area contributed by atoms with Gasteiger partial charge >= 0.3 is 5.97 Å². The van der Waals surface area contributed by atoms with E-state index in [0.29, 0.717) is 27.5 Å². The normalized spacial score (nSPS) is 17.1. The molecule has 0 aromatic heterocycles. The molecule has 0 aliphatic carbocycles. The summed E-state index contributed by atoms with van der Waals surface area (Å²) in [5.41, 5.74) is 1.07. The van der Waals surface area contributed by atoms with Crippen LogP contribution < -0.4 is 4.74 Å². The van der Waals surface area contributed by atoms with Crippen LogP contribution in [0.4, 0.5) is 0 Å². The molecule has 4 aromatic rings. The van der Waals surface area contributed by atoms with E-state index >= 15 is 0 Å². The number of aliphatic imine (C=N–C) groups is 1. The highest BCUT2D eigenvalue weighted by Crippen LogP contribution is 2.43. The van der Waals surface area contributed by atoms with Crippen molar-refractivity contribution in [1.82, 2.24) is 4.90 Å². The molecule has 1 N–H and O–H groups in total. The molecule has 4 aromatic carbocycles. The molecule has 238 valence electrons. The number of benzene rings is 4. The third-order valence-corrected chi connectivity index (χ3v) is 11.5. The second kappa shape index (κ2) is 13.8. The molecule has 46 heavy (non-hydrogen) atoms. The Balaban J connectivity index is 1.48. The molecule has 13 heteroatoms. The smallest absolute Gasteiger partial charge is 0.333 e. The van der Waals surface area contributed by atoms with E-state index < -0.39 is 38.2 Å². The number of phenolic OH excluding ortho intramolecular Hbond substituents is 1. The predicted octanol–water partition coefficient (Wildman–Crippen LogP) is 6.63. The number of methoxy groups -OCH3 is 1. The molecule has 1 amide bonds. The van der Waals surface area contributed by atoms with E-state index in [1.165, 1.54) is 31.5 Å². The first-order valence-electron chi connectivity index (χ1n) is 13.8. The third kappa shape index (κ3) is 6.87. The first kappa shape index (κ1) is 33.3. The van der Waals surface area contributed by atoms with E-state index in [4.69, 9.17) is 32.7 Å². The van der Waals surface area contributed by atoms with Gasteiger partial charge in [0, 0.05) is 33.0 Å². The molecule has 3 unspecified atom stereocenters. The van der Waals surface area contributed by atoms with Crippen LogP contribution in [-0.2, 0) is 29.8 Å². The molecule has 5 rings (SSSR count). The topological polar surface area (TPSA) is 123 Å². The van der Waals surface area contributed by atoms with Crippen LogP contribution >= 0.6 is 34.0 Å². The van der Waals surface area contributed by atoms with E-state index in [9.17, 15) is 23.1 Å². The minimum atomic E-state index is -4.12. The van der Waals surface area contributed by atoms with Crippen LogP contribution in [0.15, 0.2) is 101 Å². The maximum absolute atomic E-state index is 13.9. The minimum absolute atomic E-state index is 0.0260. The second-order valence-corrected chi connectivity index (χ2v) is 15.2. The van der Waals surface area contributed by atoms with Gasteiger partial charge in [-0.25, -0.2) is 13.2 Å². The molecule has 1 aliphatic heterocycles. The number of likely N-dealkylation sites (tertiary alicyclic amines) is 1. The first-order valence-corrected chi connectivity index (χ1v) is 17.4. The fourth-order valence-electron chi connectivity index (χ4n) is 4.93. The Kier molecular flexibility index (Phi) is 9.97. The summed E-state index contributed by atoms with van der Waals surface area (Å²) in [5, 5.41) is 10.7. The Morgan fingerprint density at radius 3 is 2.50 bits per heavy atom. The summed E-state index contributed by atoms with van der Waals surface area (Å²) in [6, 6.07) is 19.0. The molecule has 0 bridgehead atoms. The van der Waals surface area contributed by atoms with Gasteiger partial charge in [-0.05, 0) is 53.8 Å². The second-order valence-electron chi connectivity index (χ2n) is 10.4. The molecule has 1 aliphatic rings. The molecule has 1 fully saturated rings. The number of phenols is 1. The van der Waals surface area contributed by atoms with Gasteiger partial charge in [-0.3, -0.25) is 9.79 Å². The van der Waals surface area contributed by atoms with Crippen molar-refractivity contribution in [3.8, 4) is 11.5 Å². The van der Waals surface area contributed by atoms with Gasteiger partial charge in [0.15, 0.2) is 12.1 Å². The fraction of sp³-hybridized carbons (Fsp3) is 0.182. The van der Waals surface area contributed by atoms with Crippen molar-refractivity contribution in [2.45, 2.75) is 35.9 Å². The zero-order valence-electron chi connectivity index (χ0n) is 24.6. The van der Waals surface area contributed by atoms with Gasteiger partial charge in [0.2, 0.25) is 8.87 Å². The lowest BCUT2D eigenvalue weighted by molar-refractivity contribution is -0.161. The number of carbonyl (C=O) groups is 2. The molecule has 0 spiro atoms. The van der Waals surface area contributed by atoms with Crippen molar-refractivity contribution in [2.75, 3.05) is 7.11 Å². The average Bonchev–Trinajstić information content (AvgIpc) is 3.03. The SMILES string of the molecule is C=C(C)C(C(=O)OCc1ccc(OC)cc1)N1C(=O)C(N=Cc2cc(Cl)cc(Cl)c2O)C1SS(=O)(=O)c1cccc2ccccc12. The van der Waals surface area contributed by atoms with Crippen molar-refractivity contribution in [3.05, 3.63) is 112 Å². The number of carbonyl (C=O) groups excluding carboxylic acids is 2. The summed E-state index contributed by atoms with van der Waals surface area (Å²) in [6.45, 7) is 5.35. The molecule has 0 saturated carbocycles. The number of hydrogen-bond acceptors (Lipinski definition) is 9. The van der Waals surface area contributed by atoms with Crippen molar-refractivity contribution in [2.24, 2.45) is 4.99 Å². The van der Waals surface area contributed by atoms with Crippen molar-refractivity contribution < 1.29 is 32.6 Å². The zero-order chi connectivity index (χ0) is 33.2. The van der Waals surface area contributed by atoms with Crippen LogP contribution in [0, 0.1) is 0 Å². The highest BCUT2D eigenvalue weighted by atomic mass is 35.5. The largest absolute Gasteiger partial charge is 0.506 e. The lowest BCUT2D eigenvalue weighted by Gasteiger charge is -2.47. The summed E-state index contributed by atoms with van der Waals surface area (Å²) in [6.07, 6.45) is 1.20. The molecule has 9 nitrogen and oxygen atoms in total. The number of aromatic hydroxyl groups is 1. The fourth-order valence-corrected chi connectivity index (χ4v) is 9.23. The van der Waals surface area contributed by atoms with Crippen LogP contribution in [0.5, 0.6) is 11.5 Å². The lowest BCUT2D eigenvalue weighted by Crippen LogP contribution is -2.67. The summed E-state index contributed by atoms with van der Waals surface area (Å²) in [4.78, 5) is 32.6. The third-order valence-electron chi connectivity index (χ3n) is 7.24. The molecule has 1 saturated heterocycles. The molecule has 3 atom stereocenters. The van der Waals surface area contributed by atoms with E-state index in [-0.39, 0.29) is 38.4 Å². The Bertz CT molecular complexity index is 1960. The number of nitrogens with zero attached hydrogens (tertiary/aromatic N) is 2. The van der Waals surface area contributed by atoms with Gasteiger partial charge in [-0.2, -0.15) is 0 Å². The van der Waals surface area contributed by atoms with Crippen LogP contribution in [0.1, 0.15) is 18.1 Å². The van der Waals surface area contributed by atoms with Crippen LogP contribution in [0.3, 0.4) is 0 Å². The minimum Gasteiger partial charge on any atom is -0.506 e. The number of ether oxygens (including phenoxy) is 2. The summed E-state index contributed by atoms with van der Waals surface area (Å²) in [7, 11) is -2.10. The summed E-state index contributed by atoms with van der Waals surface area (Å²) in [5.74, 6) is -1.10. The highest BCUT2D eigenvalue weighted by Gasteiger charge is 2.55. The van der Waals surface area contributed by atoms with Crippen LogP contribution in [-0.4, -0.2) is 61.1 Å². The van der Waals surface area contributed by atoms with Gasteiger partial charge in [-0.15, -0.1) is 0 Å². The van der Waals surface area contributed by atoms with Gasteiger partial charge in [0.05, 0.1) is 17.0 Å². The quantitative estimate of drug-likeness (QED) is 0.0609. The zero-order valence-corrected chi connectivity index (χ0v) is 27.7.